The van der Waals surface area contributed by atoms with Crippen molar-refractivity contribution in [2.75, 3.05) is 19.3 Å². The van der Waals surface area contributed by atoms with Gasteiger partial charge in [-0.25, -0.2) is 17.1 Å². The van der Waals surface area contributed by atoms with Crippen molar-refractivity contribution in [3.05, 3.63) is 35.1 Å². The van der Waals surface area contributed by atoms with Crippen LogP contribution in [0.15, 0.2) is 18.2 Å². The lowest BCUT2D eigenvalue weighted by atomic mass is 9.95. The fraction of sp³-hybridized carbons (Fsp3) is 0.600. The first-order chi connectivity index (χ1) is 9.77. The van der Waals surface area contributed by atoms with Crippen molar-refractivity contribution < 1.29 is 12.8 Å². The van der Waals surface area contributed by atoms with Crippen LogP contribution in [0.4, 0.5) is 4.39 Å². The molecule has 0 unspecified atom stereocenters. The molecule has 1 aromatic carbocycles. The Morgan fingerprint density at radius 3 is 2.76 bits per heavy atom. The summed E-state index contributed by atoms with van der Waals surface area (Å²) in [6.07, 6.45) is 2.00. The van der Waals surface area contributed by atoms with Gasteiger partial charge in [0.25, 0.3) is 0 Å². The first-order valence-electron chi connectivity index (χ1n) is 7.21. The highest BCUT2D eigenvalue weighted by Crippen LogP contribution is 2.20. The average Bonchev–Trinajstić information content (AvgIpc) is 2.40. The van der Waals surface area contributed by atoms with E-state index < -0.39 is 10.0 Å². The Hall–Kier alpha value is -0.980. The zero-order chi connectivity index (χ0) is 15.6. The summed E-state index contributed by atoms with van der Waals surface area (Å²) < 4.78 is 38.3. The number of halogens is 1. The molecule has 0 saturated carbocycles. The van der Waals surface area contributed by atoms with Crippen molar-refractivity contribution in [2.45, 2.75) is 32.9 Å². The van der Waals surface area contributed by atoms with Crippen molar-refractivity contribution in [1.82, 2.24) is 9.62 Å². The minimum Gasteiger partial charge on any atom is -0.309 e. The number of hydrogen-bond donors (Lipinski definition) is 1. The summed E-state index contributed by atoms with van der Waals surface area (Å²) >= 11 is 0. The molecule has 6 heteroatoms. The lowest BCUT2D eigenvalue weighted by Gasteiger charge is -2.36. The van der Waals surface area contributed by atoms with Crippen LogP contribution in [0.2, 0.25) is 0 Å². The van der Waals surface area contributed by atoms with E-state index in [0.29, 0.717) is 25.2 Å². The zero-order valence-corrected chi connectivity index (χ0v) is 13.6. The Morgan fingerprint density at radius 1 is 1.43 bits per heavy atom. The van der Waals surface area contributed by atoms with Crippen LogP contribution < -0.4 is 5.32 Å². The highest BCUT2D eigenvalue weighted by atomic mass is 32.2. The van der Waals surface area contributed by atoms with E-state index >= 15 is 0 Å². The average molecular weight is 314 g/mol. The Morgan fingerprint density at radius 2 is 2.14 bits per heavy atom. The van der Waals surface area contributed by atoms with Gasteiger partial charge in [-0.15, -0.1) is 0 Å². The number of hydrogen-bond acceptors (Lipinski definition) is 3. The number of rotatable bonds is 4. The molecule has 0 radical (unpaired) electrons. The molecule has 1 aliphatic rings. The lowest BCUT2D eigenvalue weighted by molar-refractivity contribution is 0.219. The van der Waals surface area contributed by atoms with Gasteiger partial charge in [-0.3, -0.25) is 0 Å². The molecule has 0 spiro atoms. The van der Waals surface area contributed by atoms with E-state index in [1.807, 2.05) is 19.9 Å². The van der Waals surface area contributed by atoms with E-state index in [9.17, 15) is 12.8 Å². The van der Waals surface area contributed by atoms with Gasteiger partial charge in [0, 0.05) is 31.2 Å². The monoisotopic (exact) mass is 314 g/mol. The molecule has 2 rings (SSSR count). The second-order valence-electron chi connectivity index (χ2n) is 5.97. The van der Waals surface area contributed by atoms with Gasteiger partial charge in [0.1, 0.15) is 5.82 Å². The molecule has 21 heavy (non-hydrogen) atoms. The van der Waals surface area contributed by atoms with Gasteiger partial charge in [-0.2, -0.15) is 0 Å². The fourth-order valence-corrected chi connectivity index (χ4v) is 3.73. The Balaban J connectivity index is 1.94. The Labute approximate surface area is 126 Å². The highest BCUT2D eigenvalue weighted by molar-refractivity contribution is 7.88. The van der Waals surface area contributed by atoms with Crippen LogP contribution in [0.5, 0.6) is 0 Å². The van der Waals surface area contributed by atoms with Gasteiger partial charge in [0.2, 0.25) is 10.0 Å². The second-order valence-corrected chi connectivity index (χ2v) is 7.95. The quantitative estimate of drug-likeness (QED) is 0.923. The molecule has 1 N–H and O–H groups in total. The van der Waals surface area contributed by atoms with Crippen molar-refractivity contribution in [2.24, 2.45) is 5.92 Å². The van der Waals surface area contributed by atoms with Crippen molar-refractivity contribution in [3.63, 3.8) is 0 Å². The van der Waals surface area contributed by atoms with Crippen LogP contribution >= 0.6 is 0 Å². The van der Waals surface area contributed by atoms with Crippen LogP contribution in [0.3, 0.4) is 0 Å². The molecule has 1 fully saturated rings. The maximum atomic E-state index is 13.7. The number of nitrogens with one attached hydrogen (secondary N) is 1. The molecule has 1 heterocycles. The molecule has 118 valence electrons. The summed E-state index contributed by atoms with van der Waals surface area (Å²) in [4.78, 5) is 0. The molecule has 0 amide bonds. The minimum atomic E-state index is -3.12. The summed E-state index contributed by atoms with van der Waals surface area (Å²) in [7, 11) is -3.12. The maximum absolute atomic E-state index is 13.7. The van der Waals surface area contributed by atoms with Crippen LogP contribution in [0, 0.1) is 18.7 Å². The first kappa shape index (κ1) is 16.4. The molecule has 1 aliphatic heterocycles. The van der Waals surface area contributed by atoms with Crippen LogP contribution in [0.25, 0.3) is 0 Å². The molecule has 0 aliphatic carbocycles. The van der Waals surface area contributed by atoms with Crippen molar-refractivity contribution in [1.29, 1.82) is 0 Å². The van der Waals surface area contributed by atoms with Crippen molar-refractivity contribution >= 4 is 10.0 Å². The Kier molecular flexibility index (Phi) is 5.01. The summed E-state index contributed by atoms with van der Waals surface area (Å²) in [5.41, 5.74) is 1.70. The van der Waals surface area contributed by atoms with E-state index in [0.717, 1.165) is 12.0 Å². The fourth-order valence-electron chi connectivity index (χ4n) is 2.79. The van der Waals surface area contributed by atoms with Crippen molar-refractivity contribution in [3.8, 4) is 0 Å². The predicted octanol–water partition coefficient (Wildman–Crippen LogP) is 1.89. The lowest BCUT2D eigenvalue weighted by Crippen LogP contribution is -2.49. The second kappa shape index (κ2) is 6.42. The summed E-state index contributed by atoms with van der Waals surface area (Å²) in [6.45, 7) is 5.49. The van der Waals surface area contributed by atoms with E-state index in [4.69, 9.17) is 0 Å². The van der Waals surface area contributed by atoms with E-state index in [1.54, 1.807) is 6.07 Å². The summed E-state index contributed by atoms with van der Waals surface area (Å²) in [5.74, 6) is 0.00988. The normalized spacial score (nSPS) is 24.2. The molecule has 0 aromatic heterocycles. The van der Waals surface area contributed by atoms with E-state index in [-0.39, 0.29) is 17.8 Å². The molecule has 0 bridgehead atoms. The van der Waals surface area contributed by atoms with Gasteiger partial charge in [-0.05, 0) is 25.3 Å². The maximum Gasteiger partial charge on any atom is 0.211 e. The smallest absolute Gasteiger partial charge is 0.211 e. The van der Waals surface area contributed by atoms with Crippen LogP contribution in [-0.2, 0) is 16.6 Å². The first-order valence-corrected chi connectivity index (χ1v) is 9.05. The number of sulfonamides is 1. The van der Waals surface area contributed by atoms with Crippen LogP contribution in [-0.4, -0.2) is 38.1 Å². The number of benzene rings is 1. The predicted molar refractivity (Wildman–Crippen MR) is 82.0 cm³/mol. The molecular weight excluding hydrogens is 291 g/mol. The van der Waals surface area contributed by atoms with E-state index in [1.165, 1.54) is 16.6 Å². The minimum absolute atomic E-state index is 0.200. The van der Waals surface area contributed by atoms with E-state index in [2.05, 4.69) is 5.32 Å². The summed E-state index contributed by atoms with van der Waals surface area (Å²) in [6, 6.07) is 5.30. The van der Waals surface area contributed by atoms with Gasteiger partial charge < -0.3 is 5.32 Å². The molecule has 1 saturated heterocycles. The summed E-state index contributed by atoms with van der Waals surface area (Å²) in [5, 5.41) is 3.37. The third-order valence-corrected chi connectivity index (χ3v) is 5.36. The topological polar surface area (TPSA) is 49.4 Å². The zero-order valence-electron chi connectivity index (χ0n) is 12.8. The third-order valence-electron chi connectivity index (χ3n) is 4.09. The van der Waals surface area contributed by atoms with Gasteiger partial charge in [0.05, 0.1) is 6.26 Å². The molecule has 2 atom stereocenters. The molecular formula is C15H23FN2O2S. The standard InChI is InChI=1S/C15H23FN2O2S/c1-11-4-5-14(16)13(8-11)9-17-15-6-7-18(10-12(15)2)21(3,19)20/h4-5,8,12,15,17H,6-7,9-10H2,1-3H3/t12-,15+/m1/s1. The van der Waals surface area contributed by atoms with Gasteiger partial charge >= 0.3 is 0 Å². The highest BCUT2D eigenvalue weighted by Gasteiger charge is 2.30. The SMILES string of the molecule is Cc1ccc(F)c(CN[C@H]2CCN(S(C)(=O)=O)C[C@H]2C)c1. The number of aryl methyl sites for hydroxylation is 1. The largest absolute Gasteiger partial charge is 0.309 e. The number of piperidine rings is 1. The van der Waals surface area contributed by atoms with Gasteiger partial charge in [0.15, 0.2) is 0 Å². The van der Waals surface area contributed by atoms with Gasteiger partial charge in [-0.1, -0.05) is 24.6 Å². The third kappa shape index (κ3) is 4.25. The number of nitrogens with zero attached hydrogens (tertiary/aromatic N) is 1. The van der Waals surface area contributed by atoms with Crippen LogP contribution in [0.1, 0.15) is 24.5 Å². The Bertz CT molecular complexity index is 604. The molecule has 4 nitrogen and oxygen atoms in total. The molecule has 1 aromatic rings.